The monoisotopic (exact) mass is 456 g/mol. The third-order valence-corrected chi connectivity index (χ3v) is 7.44. The second kappa shape index (κ2) is 16.9. The maximum Gasteiger partial charge on any atom is 0.126 e. The average Bonchev–Trinajstić information content (AvgIpc) is 2.80. The van der Waals surface area contributed by atoms with Crippen LogP contribution in [-0.4, -0.2) is 0 Å². The first kappa shape index (κ1) is 31.4. The van der Waals surface area contributed by atoms with Gasteiger partial charge in [-0.05, 0) is 72.5 Å². The van der Waals surface area contributed by atoms with Crippen LogP contribution in [0.15, 0.2) is 72.7 Å². The Morgan fingerprint density at radius 3 is 1.61 bits per heavy atom. The van der Waals surface area contributed by atoms with Crippen molar-refractivity contribution in [3.05, 3.63) is 72.7 Å². The Hall–Kier alpha value is -1.63. The van der Waals surface area contributed by atoms with E-state index in [4.69, 9.17) is 0 Å². The summed E-state index contributed by atoms with van der Waals surface area (Å²) in [6, 6.07) is 0. The van der Waals surface area contributed by atoms with Crippen molar-refractivity contribution in [2.45, 2.75) is 99.8 Å². The van der Waals surface area contributed by atoms with E-state index in [9.17, 15) is 4.39 Å². The van der Waals surface area contributed by atoms with Gasteiger partial charge in [0.1, 0.15) is 5.83 Å². The van der Waals surface area contributed by atoms with Crippen molar-refractivity contribution in [2.24, 2.45) is 29.6 Å². The first-order valence-corrected chi connectivity index (χ1v) is 13.2. The average molecular weight is 457 g/mol. The summed E-state index contributed by atoms with van der Waals surface area (Å²) in [5, 5.41) is 0. The molecule has 0 aromatic heterocycles. The lowest BCUT2D eigenvalue weighted by Crippen LogP contribution is -2.05. The predicted octanol–water partition coefficient (Wildman–Crippen LogP) is 11.0. The zero-order chi connectivity index (χ0) is 25.6. The molecule has 0 saturated heterocycles. The Kier molecular flexibility index (Phi) is 16.1. The SMILES string of the molecule is C=C(/C=C\C(=C)C(C)CCC(C)C(=C)/C=C(/F)C(=C)C(C)CCC(C)CC)C(C)CCCC. The summed E-state index contributed by atoms with van der Waals surface area (Å²) < 4.78 is 14.8. The molecular weight excluding hydrogens is 403 g/mol. The van der Waals surface area contributed by atoms with Gasteiger partial charge in [0.25, 0.3) is 0 Å². The Morgan fingerprint density at radius 1 is 0.667 bits per heavy atom. The Labute approximate surface area is 206 Å². The van der Waals surface area contributed by atoms with Crippen molar-refractivity contribution in [1.29, 1.82) is 0 Å². The molecule has 0 aliphatic carbocycles. The van der Waals surface area contributed by atoms with E-state index >= 15 is 0 Å². The normalized spacial score (nSPS) is 16.8. The molecule has 0 fully saturated rings. The number of halogens is 1. The van der Waals surface area contributed by atoms with Crippen LogP contribution in [0.4, 0.5) is 4.39 Å². The van der Waals surface area contributed by atoms with Gasteiger partial charge in [-0.1, -0.05) is 124 Å². The fraction of sp³-hybridized carbons (Fsp3) is 0.625. The van der Waals surface area contributed by atoms with Crippen molar-refractivity contribution in [3.63, 3.8) is 0 Å². The van der Waals surface area contributed by atoms with E-state index in [0.717, 1.165) is 36.8 Å². The van der Waals surface area contributed by atoms with Crippen molar-refractivity contribution >= 4 is 0 Å². The minimum atomic E-state index is -0.209. The van der Waals surface area contributed by atoms with E-state index in [0.29, 0.717) is 23.3 Å². The van der Waals surface area contributed by atoms with Crippen LogP contribution in [0.2, 0.25) is 0 Å². The maximum atomic E-state index is 14.8. The lowest BCUT2D eigenvalue weighted by Gasteiger charge is -2.18. The molecule has 5 unspecified atom stereocenters. The van der Waals surface area contributed by atoms with Crippen LogP contribution in [-0.2, 0) is 0 Å². The molecule has 0 bridgehead atoms. The molecule has 188 valence electrons. The van der Waals surface area contributed by atoms with Crippen molar-refractivity contribution in [3.8, 4) is 0 Å². The van der Waals surface area contributed by atoms with E-state index in [1.807, 2.05) is 0 Å². The predicted molar refractivity (Wildman–Crippen MR) is 149 cm³/mol. The summed E-state index contributed by atoms with van der Waals surface area (Å²) >= 11 is 0. The second-order valence-corrected chi connectivity index (χ2v) is 10.5. The second-order valence-electron chi connectivity index (χ2n) is 10.5. The number of hydrogen-bond donors (Lipinski definition) is 0. The van der Waals surface area contributed by atoms with Gasteiger partial charge in [-0.3, -0.25) is 0 Å². The number of allylic oxidation sites excluding steroid dienone is 8. The summed E-state index contributed by atoms with van der Waals surface area (Å²) in [5.74, 6) is 1.74. The minimum absolute atomic E-state index is 0.160. The van der Waals surface area contributed by atoms with Crippen LogP contribution < -0.4 is 0 Å². The molecule has 0 heterocycles. The maximum absolute atomic E-state index is 14.8. The van der Waals surface area contributed by atoms with E-state index < -0.39 is 0 Å². The van der Waals surface area contributed by atoms with Crippen LogP contribution in [0.25, 0.3) is 0 Å². The van der Waals surface area contributed by atoms with Crippen LogP contribution in [0, 0.1) is 29.6 Å². The van der Waals surface area contributed by atoms with Gasteiger partial charge in [0.2, 0.25) is 0 Å². The van der Waals surface area contributed by atoms with E-state index in [1.54, 1.807) is 6.08 Å². The highest BCUT2D eigenvalue weighted by atomic mass is 19.1. The number of rotatable bonds is 18. The summed E-state index contributed by atoms with van der Waals surface area (Å²) in [5.41, 5.74) is 3.75. The zero-order valence-electron chi connectivity index (χ0n) is 23.0. The van der Waals surface area contributed by atoms with Gasteiger partial charge in [-0.15, -0.1) is 0 Å². The molecule has 1 heteroatoms. The number of unbranched alkanes of at least 4 members (excludes halogenated alkanes) is 1. The molecule has 0 rings (SSSR count). The molecule has 0 spiro atoms. The van der Waals surface area contributed by atoms with Crippen molar-refractivity contribution in [2.75, 3.05) is 0 Å². The Morgan fingerprint density at radius 2 is 1.12 bits per heavy atom. The third kappa shape index (κ3) is 13.0. The van der Waals surface area contributed by atoms with Crippen LogP contribution >= 0.6 is 0 Å². The smallest absolute Gasteiger partial charge is 0.126 e. The Bertz CT molecular complexity index is 689. The summed E-state index contributed by atoms with van der Waals surface area (Å²) in [7, 11) is 0. The van der Waals surface area contributed by atoms with Gasteiger partial charge in [-0.25, -0.2) is 4.39 Å². The van der Waals surface area contributed by atoms with E-state index in [-0.39, 0.29) is 17.7 Å². The van der Waals surface area contributed by atoms with Crippen LogP contribution in [0.1, 0.15) is 99.8 Å². The molecule has 0 aliphatic heterocycles. The number of hydrogen-bond acceptors (Lipinski definition) is 0. The van der Waals surface area contributed by atoms with Gasteiger partial charge >= 0.3 is 0 Å². The van der Waals surface area contributed by atoms with E-state index in [2.05, 4.69) is 86.9 Å². The largest absolute Gasteiger partial charge is 0.207 e. The fourth-order valence-electron chi connectivity index (χ4n) is 3.66. The van der Waals surface area contributed by atoms with Crippen molar-refractivity contribution < 1.29 is 4.39 Å². The highest BCUT2D eigenvalue weighted by Crippen LogP contribution is 2.29. The standard InChI is InChI=1S/C32H53F/c1-12-14-15-24(4)25(5)18-19-26(6)27(7)20-21-28(8)30(10)22-32(33)31(11)29(9)17-16-23(3)13-2/h18-19,22-24,27-29H,5-6,10-17,20-21H2,1-4,7-9H3/b19-18-,32-22+. The summed E-state index contributed by atoms with van der Waals surface area (Å²) in [4.78, 5) is 0. The molecule has 0 nitrogen and oxygen atoms in total. The molecule has 0 saturated carbocycles. The Balaban J connectivity index is 4.65. The summed E-state index contributed by atoms with van der Waals surface area (Å²) in [6.07, 6.45) is 14.7. The third-order valence-electron chi connectivity index (χ3n) is 7.44. The van der Waals surface area contributed by atoms with Gasteiger partial charge < -0.3 is 0 Å². The van der Waals surface area contributed by atoms with E-state index in [1.165, 1.54) is 31.3 Å². The molecule has 0 N–H and O–H groups in total. The van der Waals surface area contributed by atoms with Gasteiger partial charge in [0.15, 0.2) is 0 Å². The van der Waals surface area contributed by atoms with Gasteiger partial charge in [0.05, 0.1) is 0 Å². The lowest BCUT2D eigenvalue weighted by atomic mass is 9.87. The first-order valence-electron chi connectivity index (χ1n) is 13.2. The summed E-state index contributed by atoms with van der Waals surface area (Å²) in [6.45, 7) is 32.0. The quantitative estimate of drug-likeness (QED) is 0.180. The van der Waals surface area contributed by atoms with Crippen LogP contribution in [0.5, 0.6) is 0 Å². The van der Waals surface area contributed by atoms with Gasteiger partial charge in [-0.2, -0.15) is 0 Å². The molecule has 5 atom stereocenters. The molecule has 0 aromatic rings. The first-order chi connectivity index (χ1) is 15.4. The molecule has 0 amide bonds. The molecule has 0 aliphatic rings. The highest BCUT2D eigenvalue weighted by Gasteiger charge is 2.15. The minimum Gasteiger partial charge on any atom is -0.207 e. The highest BCUT2D eigenvalue weighted by molar-refractivity contribution is 5.32. The molecule has 0 aromatic carbocycles. The van der Waals surface area contributed by atoms with Crippen molar-refractivity contribution in [1.82, 2.24) is 0 Å². The molecular formula is C32H53F. The topological polar surface area (TPSA) is 0 Å². The fourth-order valence-corrected chi connectivity index (χ4v) is 3.66. The zero-order valence-corrected chi connectivity index (χ0v) is 23.0. The van der Waals surface area contributed by atoms with Crippen LogP contribution in [0.3, 0.4) is 0 Å². The lowest BCUT2D eigenvalue weighted by molar-refractivity contribution is 0.444. The molecule has 0 radical (unpaired) electrons. The molecule has 33 heavy (non-hydrogen) atoms. The van der Waals surface area contributed by atoms with Gasteiger partial charge in [0, 0.05) is 0 Å².